The van der Waals surface area contributed by atoms with Crippen LogP contribution in [0.5, 0.6) is 0 Å². The van der Waals surface area contributed by atoms with Gasteiger partial charge >= 0.3 is 0 Å². The van der Waals surface area contributed by atoms with Crippen molar-refractivity contribution in [2.45, 2.75) is 5.75 Å². The van der Waals surface area contributed by atoms with Crippen molar-refractivity contribution in [2.75, 3.05) is 6.26 Å². The molecule has 0 aliphatic heterocycles. The van der Waals surface area contributed by atoms with Gasteiger partial charge in [-0.2, -0.15) is 0 Å². The van der Waals surface area contributed by atoms with Crippen LogP contribution in [0.4, 0.5) is 0 Å². The van der Waals surface area contributed by atoms with Gasteiger partial charge in [0.1, 0.15) is 11.6 Å². The van der Waals surface area contributed by atoms with Crippen molar-refractivity contribution in [3.05, 3.63) is 24.3 Å². The molecule has 6 heteroatoms. The van der Waals surface area contributed by atoms with Crippen LogP contribution in [0, 0.1) is 0 Å². The Morgan fingerprint density at radius 3 is 2.93 bits per heavy atom. The Hall–Kier alpha value is -1.43. The number of rotatable bonds is 2. The number of aromatic nitrogens is 3. The zero-order chi connectivity index (χ0) is 10.2. The van der Waals surface area contributed by atoms with E-state index in [-0.39, 0.29) is 5.75 Å². The lowest BCUT2D eigenvalue weighted by Gasteiger charge is -1.91. The molecule has 2 rings (SSSR count). The highest BCUT2D eigenvalue weighted by Gasteiger charge is 2.08. The summed E-state index contributed by atoms with van der Waals surface area (Å²) < 4.78 is 22.0. The summed E-state index contributed by atoms with van der Waals surface area (Å²) in [5, 5.41) is 0. The molecule has 74 valence electrons. The van der Waals surface area contributed by atoms with Gasteiger partial charge in [-0.05, 0) is 6.07 Å². The van der Waals surface area contributed by atoms with Crippen LogP contribution in [-0.2, 0) is 15.6 Å². The van der Waals surface area contributed by atoms with Crippen LogP contribution in [0.25, 0.3) is 11.0 Å². The SMILES string of the molecule is CS(=O)(=O)Cc1nc2ccncc2[nH]1. The largest absolute Gasteiger partial charge is 0.340 e. The van der Waals surface area contributed by atoms with Crippen LogP contribution in [-0.4, -0.2) is 29.6 Å². The zero-order valence-corrected chi connectivity index (χ0v) is 8.37. The number of nitrogens with zero attached hydrogens (tertiary/aromatic N) is 2. The van der Waals surface area contributed by atoms with E-state index in [1.54, 1.807) is 18.5 Å². The highest BCUT2D eigenvalue weighted by Crippen LogP contribution is 2.10. The van der Waals surface area contributed by atoms with Gasteiger partial charge in [0, 0.05) is 12.5 Å². The maximum atomic E-state index is 11.0. The van der Waals surface area contributed by atoms with Gasteiger partial charge < -0.3 is 4.98 Å². The zero-order valence-electron chi connectivity index (χ0n) is 7.56. The van der Waals surface area contributed by atoms with Crippen molar-refractivity contribution >= 4 is 20.9 Å². The predicted octanol–water partition coefficient (Wildman–Crippen LogP) is 0.502. The van der Waals surface area contributed by atoms with Gasteiger partial charge in [0.2, 0.25) is 0 Å². The Bertz CT molecular complexity index is 526. The van der Waals surface area contributed by atoms with E-state index in [1.165, 1.54) is 6.26 Å². The summed E-state index contributed by atoms with van der Waals surface area (Å²) in [4.78, 5) is 10.9. The number of fused-ring (bicyclic) bond motifs is 1. The second-order valence-corrected chi connectivity index (χ2v) is 5.29. The Morgan fingerprint density at radius 2 is 2.29 bits per heavy atom. The smallest absolute Gasteiger partial charge is 0.154 e. The first-order valence-electron chi connectivity index (χ1n) is 4.01. The first-order chi connectivity index (χ1) is 6.54. The molecular formula is C8H9N3O2S. The van der Waals surface area contributed by atoms with Gasteiger partial charge in [-0.3, -0.25) is 4.98 Å². The lowest BCUT2D eigenvalue weighted by molar-refractivity contribution is 0.600. The van der Waals surface area contributed by atoms with E-state index in [1.807, 2.05) is 0 Å². The summed E-state index contributed by atoms with van der Waals surface area (Å²) in [6.45, 7) is 0. The number of H-pyrrole nitrogens is 1. The van der Waals surface area contributed by atoms with Crippen molar-refractivity contribution in [3.63, 3.8) is 0 Å². The van der Waals surface area contributed by atoms with Gasteiger partial charge in [-0.25, -0.2) is 13.4 Å². The minimum Gasteiger partial charge on any atom is -0.340 e. The van der Waals surface area contributed by atoms with Crippen molar-refractivity contribution in [2.24, 2.45) is 0 Å². The summed E-state index contributed by atoms with van der Waals surface area (Å²) in [6.07, 6.45) is 4.42. The number of hydrogen-bond acceptors (Lipinski definition) is 4. The van der Waals surface area contributed by atoms with Crippen molar-refractivity contribution in [3.8, 4) is 0 Å². The van der Waals surface area contributed by atoms with E-state index in [0.29, 0.717) is 5.82 Å². The number of hydrogen-bond donors (Lipinski definition) is 1. The first kappa shape index (κ1) is 9.14. The second-order valence-electron chi connectivity index (χ2n) is 3.15. The predicted molar refractivity (Wildman–Crippen MR) is 52.4 cm³/mol. The fraction of sp³-hybridized carbons (Fsp3) is 0.250. The van der Waals surface area contributed by atoms with Crippen LogP contribution in [0.15, 0.2) is 18.5 Å². The Balaban J connectivity index is 2.46. The van der Waals surface area contributed by atoms with Crippen LogP contribution in [0.3, 0.4) is 0 Å². The molecule has 0 atom stereocenters. The summed E-state index contributed by atoms with van der Waals surface area (Å²) in [6, 6.07) is 1.73. The van der Waals surface area contributed by atoms with Crippen LogP contribution in [0.2, 0.25) is 0 Å². The number of aromatic amines is 1. The van der Waals surface area contributed by atoms with E-state index in [4.69, 9.17) is 0 Å². The molecule has 1 N–H and O–H groups in total. The number of sulfone groups is 1. The summed E-state index contributed by atoms with van der Waals surface area (Å²) >= 11 is 0. The van der Waals surface area contributed by atoms with Gasteiger partial charge in [0.25, 0.3) is 0 Å². The average Bonchev–Trinajstić information content (AvgIpc) is 2.42. The number of pyridine rings is 1. The molecule has 5 nitrogen and oxygen atoms in total. The molecule has 0 amide bonds. The molecule has 2 aromatic heterocycles. The summed E-state index contributed by atoms with van der Waals surface area (Å²) in [5.41, 5.74) is 1.49. The van der Waals surface area contributed by atoms with E-state index in [0.717, 1.165) is 11.0 Å². The first-order valence-corrected chi connectivity index (χ1v) is 6.07. The molecule has 14 heavy (non-hydrogen) atoms. The van der Waals surface area contributed by atoms with E-state index in [9.17, 15) is 8.42 Å². The van der Waals surface area contributed by atoms with Crippen molar-refractivity contribution < 1.29 is 8.42 Å². The van der Waals surface area contributed by atoms with E-state index < -0.39 is 9.84 Å². The molecule has 2 aromatic rings. The third-order valence-corrected chi connectivity index (χ3v) is 2.53. The fourth-order valence-corrected chi connectivity index (χ4v) is 1.86. The molecule has 0 radical (unpaired) electrons. The topological polar surface area (TPSA) is 75.7 Å². The van der Waals surface area contributed by atoms with E-state index in [2.05, 4.69) is 15.0 Å². The van der Waals surface area contributed by atoms with E-state index >= 15 is 0 Å². The quantitative estimate of drug-likeness (QED) is 0.785. The lowest BCUT2D eigenvalue weighted by atomic mass is 10.4. The van der Waals surface area contributed by atoms with Gasteiger partial charge in [-0.15, -0.1) is 0 Å². The summed E-state index contributed by atoms with van der Waals surface area (Å²) in [7, 11) is -3.04. The molecular weight excluding hydrogens is 202 g/mol. The molecule has 0 unspecified atom stereocenters. The van der Waals surface area contributed by atoms with Gasteiger partial charge in [0.15, 0.2) is 9.84 Å². The molecule has 0 aliphatic carbocycles. The number of nitrogens with one attached hydrogen (secondary N) is 1. The molecule has 0 saturated carbocycles. The highest BCUT2D eigenvalue weighted by atomic mass is 32.2. The lowest BCUT2D eigenvalue weighted by Crippen LogP contribution is -2.01. The maximum absolute atomic E-state index is 11.0. The average molecular weight is 211 g/mol. The van der Waals surface area contributed by atoms with Crippen LogP contribution in [0.1, 0.15) is 5.82 Å². The van der Waals surface area contributed by atoms with Crippen LogP contribution < -0.4 is 0 Å². The van der Waals surface area contributed by atoms with Crippen molar-refractivity contribution in [1.82, 2.24) is 15.0 Å². The third kappa shape index (κ3) is 1.90. The van der Waals surface area contributed by atoms with Gasteiger partial charge in [-0.1, -0.05) is 0 Å². The molecule has 2 heterocycles. The third-order valence-electron chi connectivity index (χ3n) is 1.73. The molecule has 0 aromatic carbocycles. The second kappa shape index (κ2) is 3.06. The minimum atomic E-state index is -3.04. The Morgan fingerprint density at radius 1 is 1.50 bits per heavy atom. The molecule has 0 spiro atoms. The van der Waals surface area contributed by atoms with Crippen molar-refractivity contribution in [1.29, 1.82) is 0 Å². The minimum absolute atomic E-state index is 0.0678. The normalized spacial score (nSPS) is 12.1. The standard InChI is InChI=1S/C8H9N3O2S/c1-14(12,13)5-8-10-6-2-3-9-4-7(6)11-8/h2-4H,5H2,1H3,(H,10,11). The maximum Gasteiger partial charge on any atom is 0.154 e. The Kier molecular flexibility index (Phi) is 1.99. The molecule has 0 fully saturated rings. The Labute approximate surface area is 81.1 Å². The molecule has 0 bridgehead atoms. The highest BCUT2D eigenvalue weighted by molar-refractivity contribution is 7.89. The molecule has 0 saturated heterocycles. The summed E-state index contributed by atoms with van der Waals surface area (Å²) in [5.74, 6) is 0.386. The number of imidazole rings is 1. The monoisotopic (exact) mass is 211 g/mol. The molecule has 0 aliphatic rings. The van der Waals surface area contributed by atoms with Crippen LogP contribution >= 0.6 is 0 Å². The van der Waals surface area contributed by atoms with Gasteiger partial charge in [0.05, 0.1) is 17.2 Å². The fourth-order valence-electron chi connectivity index (χ4n) is 1.23.